The zero-order chi connectivity index (χ0) is 16.7. The van der Waals surface area contributed by atoms with Crippen LogP contribution in [0.25, 0.3) is 0 Å². The molecule has 0 saturated heterocycles. The van der Waals surface area contributed by atoms with E-state index in [-0.39, 0.29) is 36.4 Å². The SMILES string of the molecule is CN(C)C(=O)CN=C(NC1CCCC1)N(C)Cc1ccccc1.I. The van der Waals surface area contributed by atoms with Crippen LogP contribution in [-0.4, -0.2) is 55.4 Å². The van der Waals surface area contributed by atoms with Gasteiger partial charge in [0.15, 0.2) is 5.96 Å². The largest absolute Gasteiger partial charge is 0.353 e. The van der Waals surface area contributed by atoms with Crippen LogP contribution in [0.3, 0.4) is 0 Å². The number of guanidine groups is 1. The van der Waals surface area contributed by atoms with E-state index in [2.05, 4.69) is 27.3 Å². The van der Waals surface area contributed by atoms with Crippen molar-refractivity contribution in [1.29, 1.82) is 0 Å². The van der Waals surface area contributed by atoms with Crippen molar-refractivity contribution in [2.24, 2.45) is 4.99 Å². The molecular formula is C18H29IN4O. The van der Waals surface area contributed by atoms with Gasteiger partial charge in [-0.05, 0) is 18.4 Å². The van der Waals surface area contributed by atoms with Crippen LogP contribution < -0.4 is 5.32 Å². The summed E-state index contributed by atoms with van der Waals surface area (Å²) in [7, 11) is 5.54. The number of halogens is 1. The Hall–Kier alpha value is -1.31. The maximum Gasteiger partial charge on any atom is 0.243 e. The summed E-state index contributed by atoms with van der Waals surface area (Å²) in [5, 5.41) is 3.54. The molecule has 1 N–H and O–H groups in total. The number of hydrogen-bond donors (Lipinski definition) is 1. The Kier molecular flexibility index (Phi) is 9.10. The van der Waals surface area contributed by atoms with Crippen LogP contribution in [0.1, 0.15) is 31.2 Å². The van der Waals surface area contributed by atoms with Crippen LogP contribution in [0, 0.1) is 0 Å². The Morgan fingerprint density at radius 3 is 2.38 bits per heavy atom. The lowest BCUT2D eigenvalue weighted by molar-refractivity contribution is -0.127. The lowest BCUT2D eigenvalue weighted by Crippen LogP contribution is -2.43. The Balaban J connectivity index is 0.00000288. The molecule has 0 aliphatic heterocycles. The molecule has 1 saturated carbocycles. The van der Waals surface area contributed by atoms with Crippen molar-refractivity contribution in [3.8, 4) is 0 Å². The number of carbonyl (C=O) groups excluding carboxylic acids is 1. The molecule has 5 nitrogen and oxygen atoms in total. The van der Waals surface area contributed by atoms with Gasteiger partial charge >= 0.3 is 0 Å². The van der Waals surface area contributed by atoms with Crippen molar-refractivity contribution in [1.82, 2.24) is 15.1 Å². The molecule has 1 aromatic carbocycles. The summed E-state index contributed by atoms with van der Waals surface area (Å²) in [4.78, 5) is 20.1. The summed E-state index contributed by atoms with van der Waals surface area (Å²) in [6, 6.07) is 10.8. The van der Waals surface area contributed by atoms with Gasteiger partial charge in [-0.2, -0.15) is 0 Å². The van der Waals surface area contributed by atoms with Gasteiger partial charge in [-0.15, -0.1) is 24.0 Å². The van der Waals surface area contributed by atoms with E-state index >= 15 is 0 Å². The van der Waals surface area contributed by atoms with Gasteiger partial charge in [0.25, 0.3) is 0 Å². The highest BCUT2D eigenvalue weighted by Gasteiger charge is 2.18. The predicted octanol–water partition coefficient (Wildman–Crippen LogP) is 2.71. The fourth-order valence-electron chi connectivity index (χ4n) is 2.75. The molecule has 24 heavy (non-hydrogen) atoms. The molecule has 1 aliphatic carbocycles. The Morgan fingerprint density at radius 2 is 1.79 bits per heavy atom. The van der Waals surface area contributed by atoms with Gasteiger partial charge in [0, 0.05) is 33.7 Å². The second-order valence-corrected chi connectivity index (χ2v) is 6.40. The summed E-state index contributed by atoms with van der Waals surface area (Å²) in [5.74, 6) is 0.833. The molecule has 0 radical (unpaired) electrons. The van der Waals surface area contributed by atoms with Crippen LogP contribution >= 0.6 is 24.0 Å². The van der Waals surface area contributed by atoms with E-state index in [0.717, 1.165) is 12.5 Å². The van der Waals surface area contributed by atoms with Gasteiger partial charge < -0.3 is 15.1 Å². The number of rotatable bonds is 5. The first kappa shape index (κ1) is 20.7. The monoisotopic (exact) mass is 444 g/mol. The number of benzene rings is 1. The summed E-state index contributed by atoms with van der Waals surface area (Å²) >= 11 is 0. The molecule has 1 amide bonds. The van der Waals surface area contributed by atoms with Crippen molar-refractivity contribution in [3.63, 3.8) is 0 Å². The molecule has 6 heteroatoms. The molecule has 0 bridgehead atoms. The Labute approximate surface area is 162 Å². The van der Waals surface area contributed by atoms with Gasteiger partial charge in [0.2, 0.25) is 5.91 Å². The smallest absolute Gasteiger partial charge is 0.243 e. The third-order valence-corrected chi connectivity index (χ3v) is 4.18. The highest BCUT2D eigenvalue weighted by Crippen LogP contribution is 2.18. The number of amides is 1. The normalized spacial score (nSPS) is 14.9. The fourth-order valence-corrected chi connectivity index (χ4v) is 2.75. The van der Waals surface area contributed by atoms with Gasteiger partial charge in [-0.3, -0.25) is 4.79 Å². The quantitative estimate of drug-likeness (QED) is 0.432. The first-order valence-electron chi connectivity index (χ1n) is 8.32. The maximum absolute atomic E-state index is 11.8. The average Bonchev–Trinajstić information content (AvgIpc) is 3.04. The minimum Gasteiger partial charge on any atom is -0.353 e. The van der Waals surface area contributed by atoms with Crippen LogP contribution in [-0.2, 0) is 11.3 Å². The van der Waals surface area contributed by atoms with Gasteiger partial charge in [0.1, 0.15) is 6.54 Å². The Morgan fingerprint density at radius 1 is 1.17 bits per heavy atom. The molecular weight excluding hydrogens is 415 g/mol. The van der Waals surface area contributed by atoms with Crippen molar-refractivity contribution < 1.29 is 4.79 Å². The maximum atomic E-state index is 11.8. The molecule has 0 unspecified atom stereocenters. The summed E-state index contributed by atoms with van der Waals surface area (Å²) in [5.41, 5.74) is 1.23. The van der Waals surface area contributed by atoms with Crippen molar-refractivity contribution in [2.45, 2.75) is 38.3 Å². The first-order chi connectivity index (χ1) is 11.1. The average molecular weight is 444 g/mol. The van der Waals surface area contributed by atoms with Gasteiger partial charge in [-0.1, -0.05) is 43.2 Å². The molecule has 1 fully saturated rings. The van der Waals surface area contributed by atoms with E-state index in [9.17, 15) is 4.79 Å². The lowest BCUT2D eigenvalue weighted by Gasteiger charge is -2.25. The molecule has 0 atom stereocenters. The second kappa shape index (κ2) is 10.5. The molecule has 0 heterocycles. The molecule has 2 rings (SSSR count). The second-order valence-electron chi connectivity index (χ2n) is 6.40. The third-order valence-electron chi connectivity index (χ3n) is 4.18. The van der Waals surface area contributed by atoms with Crippen molar-refractivity contribution >= 4 is 35.8 Å². The first-order valence-corrected chi connectivity index (χ1v) is 8.32. The minimum absolute atomic E-state index is 0. The summed E-state index contributed by atoms with van der Waals surface area (Å²) in [6.45, 7) is 0.955. The third kappa shape index (κ3) is 6.67. The topological polar surface area (TPSA) is 47.9 Å². The summed E-state index contributed by atoms with van der Waals surface area (Å²) in [6.07, 6.45) is 4.90. The number of likely N-dealkylation sites (N-methyl/N-ethyl adjacent to an activating group) is 1. The number of nitrogens with zero attached hydrogens (tertiary/aromatic N) is 3. The highest BCUT2D eigenvalue weighted by molar-refractivity contribution is 14.0. The number of carbonyl (C=O) groups is 1. The van der Waals surface area contributed by atoms with Crippen molar-refractivity contribution in [2.75, 3.05) is 27.7 Å². The van der Waals surface area contributed by atoms with Crippen LogP contribution in [0.2, 0.25) is 0 Å². The van der Waals surface area contributed by atoms with Crippen molar-refractivity contribution in [3.05, 3.63) is 35.9 Å². The molecule has 1 aliphatic rings. The van der Waals surface area contributed by atoms with Crippen LogP contribution in [0.4, 0.5) is 0 Å². The highest BCUT2D eigenvalue weighted by atomic mass is 127. The number of nitrogens with one attached hydrogen (secondary N) is 1. The summed E-state index contributed by atoms with van der Waals surface area (Å²) < 4.78 is 0. The van der Waals surface area contributed by atoms with E-state index in [0.29, 0.717) is 6.04 Å². The van der Waals surface area contributed by atoms with E-state index in [4.69, 9.17) is 0 Å². The van der Waals surface area contributed by atoms with E-state index in [1.807, 2.05) is 25.2 Å². The standard InChI is InChI=1S/C18H28N4O.HI/c1-21(2)17(23)13-19-18(20-16-11-7-8-12-16)22(3)14-15-9-5-4-6-10-15;/h4-6,9-10,16H,7-8,11-14H2,1-3H3,(H,19,20);1H. The minimum atomic E-state index is 0. The zero-order valence-corrected chi connectivity index (χ0v) is 17.2. The molecule has 0 aromatic heterocycles. The molecule has 134 valence electrons. The van der Waals surface area contributed by atoms with E-state index in [1.165, 1.54) is 31.2 Å². The number of hydrogen-bond acceptors (Lipinski definition) is 2. The van der Waals surface area contributed by atoms with E-state index < -0.39 is 0 Å². The predicted molar refractivity (Wildman–Crippen MR) is 110 cm³/mol. The molecule has 0 spiro atoms. The lowest BCUT2D eigenvalue weighted by atomic mass is 10.2. The van der Waals surface area contributed by atoms with Crippen LogP contribution in [0.15, 0.2) is 35.3 Å². The zero-order valence-electron chi connectivity index (χ0n) is 14.9. The fraction of sp³-hybridized carbons (Fsp3) is 0.556. The van der Waals surface area contributed by atoms with Gasteiger partial charge in [0.05, 0.1) is 0 Å². The van der Waals surface area contributed by atoms with E-state index in [1.54, 1.807) is 19.0 Å². The van der Waals surface area contributed by atoms with Gasteiger partial charge in [-0.25, -0.2) is 4.99 Å². The molecule has 1 aromatic rings. The number of aliphatic imine (C=N–C) groups is 1. The Bertz CT molecular complexity index is 527. The van der Waals surface area contributed by atoms with Crippen LogP contribution in [0.5, 0.6) is 0 Å².